The summed E-state index contributed by atoms with van der Waals surface area (Å²) in [7, 11) is 1.92. The summed E-state index contributed by atoms with van der Waals surface area (Å²) in [6.45, 7) is 0.965. The highest BCUT2D eigenvalue weighted by Crippen LogP contribution is 2.18. The minimum atomic E-state index is -0.287. The molecule has 0 aliphatic heterocycles. The van der Waals surface area contributed by atoms with Crippen molar-refractivity contribution in [1.29, 1.82) is 0 Å². The fourth-order valence-corrected chi connectivity index (χ4v) is 1.80. The maximum absolute atomic E-state index is 13.5. The molecule has 3 nitrogen and oxygen atoms in total. The second-order valence-corrected chi connectivity index (χ2v) is 4.17. The van der Waals surface area contributed by atoms with Gasteiger partial charge < -0.3 is 9.88 Å². The maximum Gasteiger partial charge on any atom is 0.129 e. The summed E-state index contributed by atoms with van der Waals surface area (Å²) >= 11 is 5.92. The maximum atomic E-state index is 13.5. The van der Waals surface area contributed by atoms with Crippen LogP contribution in [0.25, 0.3) is 0 Å². The van der Waals surface area contributed by atoms with Gasteiger partial charge in [0, 0.05) is 36.6 Å². The fourth-order valence-electron chi connectivity index (χ4n) is 1.57. The summed E-state index contributed by atoms with van der Waals surface area (Å²) in [5.41, 5.74) is 0.489. The van der Waals surface area contributed by atoms with Gasteiger partial charge in [-0.05, 0) is 12.1 Å². The molecular formula is C12H13ClFN3. The van der Waals surface area contributed by atoms with Crippen molar-refractivity contribution >= 4 is 11.6 Å². The Labute approximate surface area is 104 Å². The van der Waals surface area contributed by atoms with Crippen LogP contribution in [0.15, 0.2) is 30.6 Å². The molecule has 0 saturated carbocycles. The molecule has 90 valence electrons. The van der Waals surface area contributed by atoms with Crippen molar-refractivity contribution in [2.45, 2.75) is 13.1 Å². The lowest BCUT2D eigenvalue weighted by atomic mass is 10.2. The van der Waals surface area contributed by atoms with Crippen LogP contribution in [0, 0.1) is 5.82 Å². The van der Waals surface area contributed by atoms with E-state index in [0.717, 1.165) is 5.82 Å². The van der Waals surface area contributed by atoms with Crippen LogP contribution in [0.3, 0.4) is 0 Å². The monoisotopic (exact) mass is 253 g/mol. The largest absolute Gasteiger partial charge is 0.337 e. The summed E-state index contributed by atoms with van der Waals surface area (Å²) < 4.78 is 15.4. The topological polar surface area (TPSA) is 29.9 Å². The van der Waals surface area contributed by atoms with Crippen LogP contribution in [0.4, 0.5) is 4.39 Å². The van der Waals surface area contributed by atoms with E-state index >= 15 is 0 Å². The number of nitrogens with one attached hydrogen (secondary N) is 1. The van der Waals surface area contributed by atoms with Gasteiger partial charge in [-0.25, -0.2) is 9.37 Å². The second kappa shape index (κ2) is 5.29. The van der Waals surface area contributed by atoms with Gasteiger partial charge in [0.2, 0.25) is 0 Å². The van der Waals surface area contributed by atoms with Gasteiger partial charge in [-0.2, -0.15) is 0 Å². The highest BCUT2D eigenvalue weighted by molar-refractivity contribution is 6.31. The Morgan fingerprint density at radius 1 is 1.41 bits per heavy atom. The van der Waals surface area contributed by atoms with Crippen molar-refractivity contribution in [3.63, 3.8) is 0 Å². The van der Waals surface area contributed by atoms with Gasteiger partial charge in [0.15, 0.2) is 0 Å². The predicted molar refractivity (Wildman–Crippen MR) is 65.2 cm³/mol. The van der Waals surface area contributed by atoms with Gasteiger partial charge >= 0.3 is 0 Å². The average molecular weight is 254 g/mol. The van der Waals surface area contributed by atoms with E-state index in [1.54, 1.807) is 18.3 Å². The molecule has 0 spiro atoms. The van der Waals surface area contributed by atoms with Crippen LogP contribution in [0.1, 0.15) is 11.4 Å². The Balaban J connectivity index is 1.97. The third kappa shape index (κ3) is 2.84. The van der Waals surface area contributed by atoms with E-state index in [1.165, 1.54) is 6.07 Å². The quantitative estimate of drug-likeness (QED) is 0.907. The van der Waals surface area contributed by atoms with E-state index in [4.69, 9.17) is 11.6 Å². The van der Waals surface area contributed by atoms with E-state index in [0.29, 0.717) is 23.7 Å². The van der Waals surface area contributed by atoms with E-state index < -0.39 is 0 Å². The first kappa shape index (κ1) is 12.1. The lowest BCUT2D eigenvalue weighted by Crippen LogP contribution is -2.16. The normalized spacial score (nSPS) is 10.8. The Kier molecular flexibility index (Phi) is 3.76. The standard InChI is InChI=1S/C12H13ClFN3/c1-17-6-5-16-12(17)8-15-7-9-10(13)3-2-4-11(9)14/h2-6,15H,7-8H2,1H3. The van der Waals surface area contributed by atoms with Crippen molar-refractivity contribution in [1.82, 2.24) is 14.9 Å². The predicted octanol–water partition coefficient (Wildman–Crippen LogP) is 2.50. The molecule has 0 unspecified atom stereocenters. The number of hydrogen-bond donors (Lipinski definition) is 1. The first-order valence-corrected chi connectivity index (χ1v) is 5.66. The molecule has 1 aromatic carbocycles. The van der Waals surface area contributed by atoms with Crippen molar-refractivity contribution < 1.29 is 4.39 Å². The van der Waals surface area contributed by atoms with Gasteiger partial charge in [-0.1, -0.05) is 17.7 Å². The lowest BCUT2D eigenvalue weighted by Gasteiger charge is -2.07. The molecule has 1 aromatic heterocycles. The molecule has 0 fully saturated rings. The van der Waals surface area contributed by atoms with Crippen LogP contribution >= 0.6 is 11.6 Å². The molecule has 0 saturated heterocycles. The number of rotatable bonds is 4. The highest BCUT2D eigenvalue weighted by atomic mass is 35.5. The van der Waals surface area contributed by atoms with Crippen LogP contribution in [0.5, 0.6) is 0 Å². The third-order valence-corrected chi connectivity index (χ3v) is 2.92. The smallest absolute Gasteiger partial charge is 0.129 e. The molecule has 0 aliphatic carbocycles. The summed E-state index contributed by atoms with van der Waals surface area (Å²) in [6.07, 6.45) is 3.60. The molecule has 2 aromatic rings. The van der Waals surface area contributed by atoms with E-state index in [1.807, 2.05) is 17.8 Å². The molecule has 1 heterocycles. The summed E-state index contributed by atoms with van der Waals surface area (Å²) in [4.78, 5) is 4.17. The molecule has 0 atom stereocenters. The van der Waals surface area contributed by atoms with E-state index in [-0.39, 0.29) is 5.82 Å². The first-order chi connectivity index (χ1) is 8.18. The van der Waals surface area contributed by atoms with Crippen molar-refractivity contribution in [2.75, 3.05) is 0 Å². The molecule has 0 bridgehead atoms. The molecule has 0 aliphatic rings. The SMILES string of the molecule is Cn1ccnc1CNCc1c(F)cccc1Cl. The fraction of sp³-hybridized carbons (Fsp3) is 0.250. The molecular weight excluding hydrogens is 241 g/mol. The van der Waals surface area contributed by atoms with Crippen molar-refractivity contribution in [3.8, 4) is 0 Å². The number of benzene rings is 1. The number of halogens is 2. The molecule has 0 amide bonds. The Hall–Kier alpha value is -1.39. The second-order valence-electron chi connectivity index (χ2n) is 3.76. The molecule has 17 heavy (non-hydrogen) atoms. The molecule has 2 rings (SSSR count). The third-order valence-electron chi connectivity index (χ3n) is 2.57. The van der Waals surface area contributed by atoms with Crippen molar-refractivity contribution in [3.05, 3.63) is 52.8 Å². The first-order valence-electron chi connectivity index (χ1n) is 5.28. The number of imidazole rings is 1. The van der Waals surface area contributed by atoms with Gasteiger partial charge in [-0.3, -0.25) is 0 Å². The van der Waals surface area contributed by atoms with Gasteiger partial charge in [0.25, 0.3) is 0 Å². The van der Waals surface area contributed by atoms with E-state index in [2.05, 4.69) is 10.3 Å². The number of aromatic nitrogens is 2. The van der Waals surface area contributed by atoms with Crippen LogP contribution < -0.4 is 5.32 Å². The van der Waals surface area contributed by atoms with Crippen LogP contribution in [-0.2, 0) is 20.1 Å². The van der Waals surface area contributed by atoms with Crippen LogP contribution in [-0.4, -0.2) is 9.55 Å². The zero-order valence-electron chi connectivity index (χ0n) is 9.45. The minimum Gasteiger partial charge on any atom is -0.337 e. The summed E-state index contributed by atoms with van der Waals surface area (Å²) in [5.74, 6) is 0.613. The molecule has 5 heteroatoms. The number of nitrogens with zero attached hydrogens (tertiary/aromatic N) is 2. The van der Waals surface area contributed by atoms with E-state index in [9.17, 15) is 4.39 Å². The lowest BCUT2D eigenvalue weighted by molar-refractivity contribution is 0.578. The van der Waals surface area contributed by atoms with Crippen LogP contribution in [0.2, 0.25) is 5.02 Å². The van der Waals surface area contributed by atoms with Gasteiger partial charge in [-0.15, -0.1) is 0 Å². The van der Waals surface area contributed by atoms with Gasteiger partial charge in [0.05, 0.1) is 6.54 Å². The summed E-state index contributed by atoms with van der Waals surface area (Å²) in [5, 5.41) is 3.56. The zero-order chi connectivity index (χ0) is 12.3. The molecule has 1 N–H and O–H groups in total. The number of hydrogen-bond acceptors (Lipinski definition) is 2. The van der Waals surface area contributed by atoms with Gasteiger partial charge in [0.1, 0.15) is 11.6 Å². The Bertz CT molecular complexity index is 490. The van der Waals surface area contributed by atoms with Crippen molar-refractivity contribution in [2.24, 2.45) is 7.05 Å². The average Bonchev–Trinajstić information content (AvgIpc) is 2.69. The number of aryl methyl sites for hydroxylation is 1. The zero-order valence-corrected chi connectivity index (χ0v) is 10.2. The Morgan fingerprint density at radius 2 is 2.24 bits per heavy atom. The highest BCUT2D eigenvalue weighted by Gasteiger charge is 2.06. The molecule has 0 radical (unpaired) electrons. The summed E-state index contributed by atoms with van der Waals surface area (Å²) in [6, 6.07) is 4.69. The minimum absolute atomic E-state index is 0.287. The Morgan fingerprint density at radius 3 is 2.88 bits per heavy atom.